The van der Waals surface area contributed by atoms with E-state index in [1.54, 1.807) is 6.07 Å². The molecule has 1 N–H and O–H groups in total. The predicted molar refractivity (Wildman–Crippen MR) is 97.9 cm³/mol. The van der Waals surface area contributed by atoms with Gasteiger partial charge in [0.2, 0.25) is 5.58 Å². The number of morpholine rings is 1. The smallest absolute Gasteiger partial charge is 0.205 e. The molecule has 3 aromatic rings. The average Bonchev–Trinajstić information content (AvgIpc) is 3.26. The van der Waals surface area contributed by atoms with Gasteiger partial charge in [-0.25, -0.2) is 9.37 Å². The van der Waals surface area contributed by atoms with E-state index in [1.165, 1.54) is 16.8 Å². The Balaban J connectivity index is 1.88. The summed E-state index contributed by atoms with van der Waals surface area (Å²) in [6, 6.07) is 3.67. The number of aliphatic hydroxyl groups excluding tert-OH is 1. The Morgan fingerprint density at radius 2 is 2.15 bits per heavy atom. The Hall–Kier alpha value is -2.54. The normalized spacial score (nSPS) is 20.2. The van der Waals surface area contributed by atoms with Crippen LogP contribution in [0.2, 0.25) is 0 Å². The Morgan fingerprint density at radius 3 is 2.81 bits per heavy atom. The molecule has 0 aliphatic carbocycles. The van der Waals surface area contributed by atoms with Gasteiger partial charge in [-0.2, -0.15) is 5.26 Å². The number of nitriles is 1. The summed E-state index contributed by atoms with van der Waals surface area (Å²) >= 11 is 1.23. The van der Waals surface area contributed by atoms with Crippen LogP contribution < -0.4 is 4.90 Å². The van der Waals surface area contributed by atoms with Crippen molar-refractivity contribution in [3.63, 3.8) is 0 Å². The minimum atomic E-state index is -0.570. The van der Waals surface area contributed by atoms with Crippen LogP contribution in [0.25, 0.3) is 21.5 Å². The second kappa shape index (κ2) is 6.88. The van der Waals surface area contributed by atoms with Gasteiger partial charge in [-0.3, -0.25) is 0 Å². The van der Waals surface area contributed by atoms with Crippen molar-refractivity contribution in [2.24, 2.45) is 0 Å². The summed E-state index contributed by atoms with van der Waals surface area (Å²) in [6.45, 7) is 4.54. The van der Waals surface area contributed by atoms with Crippen LogP contribution in [-0.2, 0) is 11.3 Å². The molecule has 27 heavy (non-hydrogen) atoms. The molecule has 1 aromatic carbocycles. The van der Waals surface area contributed by atoms with Crippen molar-refractivity contribution in [3.8, 4) is 16.6 Å². The first-order chi connectivity index (χ1) is 13.0. The number of nitrogens with zero attached hydrogens (tertiary/aromatic N) is 4. The number of thiazole rings is 1. The fourth-order valence-electron chi connectivity index (χ4n) is 3.56. The first-order valence-electron chi connectivity index (χ1n) is 8.49. The second-order valence-corrected chi connectivity index (χ2v) is 7.42. The summed E-state index contributed by atoms with van der Waals surface area (Å²) < 4.78 is 26.4. The van der Waals surface area contributed by atoms with E-state index in [-0.39, 0.29) is 30.1 Å². The topological polar surface area (TPSA) is 95.4 Å². The molecule has 2 atom stereocenters. The van der Waals surface area contributed by atoms with E-state index in [4.69, 9.17) is 9.26 Å². The van der Waals surface area contributed by atoms with Gasteiger partial charge in [0, 0.05) is 18.7 Å². The van der Waals surface area contributed by atoms with Gasteiger partial charge in [0.1, 0.15) is 11.8 Å². The van der Waals surface area contributed by atoms with Crippen molar-refractivity contribution in [3.05, 3.63) is 28.7 Å². The van der Waals surface area contributed by atoms with Crippen molar-refractivity contribution in [1.82, 2.24) is 10.1 Å². The van der Waals surface area contributed by atoms with Crippen molar-refractivity contribution in [2.45, 2.75) is 32.7 Å². The van der Waals surface area contributed by atoms with Gasteiger partial charge in [0.25, 0.3) is 0 Å². The third kappa shape index (κ3) is 2.96. The molecule has 2 aromatic heterocycles. The van der Waals surface area contributed by atoms with E-state index in [1.807, 2.05) is 24.8 Å². The number of aromatic nitrogens is 2. The summed E-state index contributed by atoms with van der Waals surface area (Å²) in [5.74, 6) is -0.570. The lowest BCUT2D eigenvalue weighted by Crippen LogP contribution is -2.46. The number of hydrogen-bond acceptors (Lipinski definition) is 8. The molecule has 0 amide bonds. The summed E-state index contributed by atoms with van der Waals surface area (Å²) in [5, 5.41) is 23.5. The number of anilines is 1. The first kappa shape index (κ1) is 17.9. The van der Waals surface area contributed by atoms with Crippen LogP contribution in [0.4, 0.5) is 10.1 Å². The molecule has 0 radical (unpaired) electrons. The molecule has 0 bridgehead atoms. The lowest BCUT2D eigenvalue weighted by Gasteiger charge is -2.37. The maximum Gasteiger partial charge on any atom is 0.205 e. The molecule has 0 spiro atoms. The molecule has 0 unspecified atom stereocenters. The van der Waals surface area contributed by atoms with Gasteiger partial charge in [-0.05, 0) is 19.9 Å². The molecule has 140 valence electrons. The number of aliphatic hydroxyl groups is 1. The van der Waals surface area contributed by atoms with Crippen molar-refractivity contribution >= 4 is 28.0 Å². The third-order valence-electron chi connectivity index (χ3n) is 4.55. The minimum Gasteiger partial charge on any atom is -0.392 e. The quantitative estimate of drug-likeness (QED) is 0.737. The monoisotopic (exact) mass is 388 g/mol. The lowest BCUT2D eigenvalue weighted by atomic mass is 10.0. The van der Waals surface area contributed by atoms with Crippen LogP contribution >= 0.6 is 11.3 Å². The first-order valence-corrected chi connectivity index (χ1v) is 9.37. The highest BCUT2D eigenvalue weighted by Crippen LogP contribution is 2.39. The second-order valence-electron chi connectivity index (χ2n) is 6.57. The molecule has 4 rings (SSSR count). The Morgan fingerprint density at radius 1 is 1.41 bits per heavy atom. The number of ether oxygens (including phenoxy) is 1. The molecule has 1 fully saturated rings. The zero-order chi connectivity index (χ0) is 19.1. The minimum absolute atomic E-state index is 0.00119. The van der Waals surface area contributed by atoms with E-state index in [2.05, 4.69) is 10.1 Å². The largest absolute Gasteiger partial charge is 0.392 e. The van der Waals surface area contributed by atoms with Crippen LogP contribution in [0.3, 0.4) is 0 Å². The number of halogens is 1. The molecule has 0 saturated carbocycles. The zero-order valence-electron chi connectivity index (χ0n) is 14.8. The van der Waals surface area contributed by atoms with Gasteiger partial charge >= 0.3 is 0 Å². The molecule has 1 aliphatic heterocycles. The number of benzene rings is 1. The number of rotatable bonds is 3. The van der Waals surface area contributed by atoms with Crippen molar-refractivity contribution in [1.29, 1.82) is 5.26 Å². The maximum atomic E-state index is 15.4. The van der Waals surface area contributed by atoms with Crippen LogP contribution in [0, 0.1) is 17.1 Å². The van der Waals surface area contributed by atoms with Crippen LogP contribution in [0.15, 0.2) is 16.1 Å². The van der Waals surface area contributed by atoms with Crippen LogP contribution in [-0.4, -0.2) is 40.5 Å². The van der Waals surface area contributed by atoms with Gasteiger partial charge in [-0.15, -0.1) is 11.3 Å². The molecule has 1 aliphatic rings. The summed E-state index contributed by atoms with van der Waals surface area (Å²) in [5.41, 5.74) is 2.84. The molecular weight excluding hydrogens is 371 g/mol. The molecule has 9 heteroatoms. The third-order valence-corrected chi connectivity index (χ3v) is 5.39. The highest BCUT2D eigenvalue weighted by atomic mass is 32.1. The molecule has 1 saturated heterocycles. The van der Waals surface area contributed by atoms with Gasteiger partial charge in [0.15, 0.2) is 11.5 Å². The van der Waals surface area contributed by atoms with Crippen molar-refractivity contribution in [2.75, 3.05) is 18.0 Å². The Bertz CT molecular complexity index is 1030. The molecule has 7 nitrogen and oxygen atoms in total. The number of hydrogen-bond donors (Lipinski definition) is 1. The van der Waals surface area contributed by atoms with Gasteiger partial charge in [0.05, 0.1) is 40.3 Å². The summed E-state index contributed by atoms with van der Waals surface area (Å²) in [4.78, 5) is 6.37. The average molecular weight is 388 g/mol. The van der Waals surface area contributed by atoms with E-state index < -0.39 is 5.82 Å². The summed E-state index contributed by atoms with van der Waals surface area (Å²) in [6.07, 6.45) is -0.118. The highest BCUT2D eigenvalue weighted by molar-refractivity contribution is 7.13. The van der Waals surface area contributed by atoms with E-state index in [0.29, 0.717) is 40.3 Å². The predicted octanol–water partition coefficient (Wildman–Crippen LogP) is 3.07. The SMILES string of the molecule is C[C@@H]1CN(c2c(CO)cc3c(-c4scnc4C#N)noc3c2F)C[C@H](C)O1. The Kier molecular flexibility index (Phi) is 4.55. The van der Waals surface area contributed by atoms with Crippen LogP contribution in [0.5, 0.6) is 0 Å². The number of fused-ring (bicyclic) bond motifs is 1. The fraction of sp³-hybridized carbons (Fsp3) is 0.389. The van der Waals surface area contributed by atoms with Crippen LogP contribution in [0.1, 0.15) is 25.1 Å². The highest BCUT2D eigenvalue weighted by Gasteiger charge is 2.29. The lowest BCUT2D eigenvalue weighted by molar-refractivity contribution is -0.00549. The molecular formula is C18H17FN4O3S. The standard InChI is InChI=1S/C18H17FN4O3S/c1-9-5-23(6-10(2)25-9)16-11(7-24)3-12-15(22-26-17(12)14(16)19)18-13(4-20)21-8-27-18/h3,8-10,24H,5-7H2,1-2H3/t9-,10+. The van der Waals surface area contributed by atoms with E-state index in [9.17, 15) is 10.4 Å². The van der Waals surface area contributed by atoms with E-state index in [0.717, 1.165) is 0 Å². The summed E-state index contributed by atoms with van der Waals surface area (Å²) in [7, 11) is 0. The molecule has 3 heterocycles. The van der Waals surface area contributed by atoms with Gasteiger partial charge < -0.3 is 19.3 Å². The van der Waals surface area contributed by atoms with E-state index >= 15 is 4.39 Å². The zero-order valence-corrected chi connectivity index (χ0v) is 15.6. The van der Waals surface area contributed by atoms with Gasteiger partial charge in [-0.1, -0.05) is 5.16 Å². The van der Waals surface area contributed by atoms with Crippen molar-refractivity contribution < 1.29 is 18.8 Å². The Labute approximate surface area is 158 Å². The fourth-order valence-corrected chi connectivity index (χ4v) is 4.29. The maximum absolute atomic E-state index is 15.4.